The smallest absolute Gasteiger partial charge is 0.317 e. The number of nitrogens with one attached hydrogen (secondary N) is 2. The fraction of sp³-hybridized carbons (Fsp3) is 0.889. The van der Waals surface area contributed by atoms with E-state index in [2.05, 4.69) is 17.6 Å². The van der Waals surface area contributed by atoms with Gasteiger partial charge in [0.1, 0.15) is 0 Å². The zero-order chi connectivity index (χ0) is 9.26. The van der Waals surface area contributed by atoms with Gasteiger partial charge in [0.05, 0.1) is 0 Å². The third kappa shape index (κ3) is 1.63. The third-order valence-corrected chi connectivity index (χ3v) is 3.01. The molecule has 0 aliphatic carbocycles. The molecule has 2 fully saturated rings. The van der Waals surface area contributed by atoms with E-state index in [1.807, 2.05) is 4.90 Å². The lowest BCUT2D eigenvalue weighted by atomic mass is 9.98. The molecule has 0 aromatic heterocycles. The molecule has 13 heavy (non-hydrogen) atoms. The minimum absolute atomic E-state index is 0.112. The molecule has 0 spiro atoms. The van der Waals surface area contributed by atoms with Crippen molar-refractivity contribution in [2.45, 2.75) is 31.8 Å². The van der Waals surface area contributed by atoms with Crippen molar-refractivity contribution in [3.8, 4) is 0 Å². The van der Waals surface area contributed by atoms with Crippen LogP contribution in [0.3, 0.4) is 0 Å². The number of nitrogens with zero attached hydrogens (tertiary/aromatic N) is 1. The highest BCUT2D eigenvalue weighted by molar-refractivity contribution is 5.76. The first kappa shape index (κ1) is 8.81. The van der Waals surface area contributed by atoms with Gasteiger partial charge in [0, 0.05) is 25.2 Å². The summed E-state index contributed by atoms with van der Waals surface area (Å²) in [6, 6.07) is 0.953. The SMILES string of the molecule is CC1NCCCC1N1CCNC1=O. The van der Waals surface area contributed by atoms with E-state index in [-0.39, 0.29) is 6.03 Å². The lowest BCUT2D eigenvalue weighted by Crippen LogP contribution is -2.53. The Labute approximate surface area is 78.7 Å². The van der Waals surface area contributed by atoms with Gasteiger partial charge in [-0.25, -0.2) is 4.79 Å². The van der Waals surface area contributed by atoms with Crippen LogP contribution < -0.4 is 10.6 Å². The van der Waals surface area contributed by atoms with Crippen LogP contribution in [0.4, 0.5) is 4.79 Å². The summed E-state index contributed by atoms with van der Waals surface area (Å²) >= 11 is 0. The molecule has 2 unspecified atom stereocenters. The van der Waals surface area contributed by atoms with Gasteiger partial charge in [-0.1, -0.05) is 0 Å². The molecule has 74 valence electrons. The van der Waals surface area contributed by atoms with Gasteiger partial charge in [0.25, 0.3) is 0 Å². The van der Waals surface area contributed by atoms with Gasteiger partial charge in [0.15, 0.2) is 0 Å². The van der Waals surface area contributed by atoms with Gasteiger partial charge >= 0.3 is 6.03 Å². The van der Waals surface area contributed by atoms with Crippen LogP contribution in [0.15, 0.2) is 0 Å². The quantitative estimate of drug-likeness (QED) is 0.608. The fourth-order valence-electron chi connectivity index (χ4n) is 2.26. The van der Waals surface area contributed by atoms with Crippen molar-refractivity contribution >= 4 is 6.03 Å². The summed E-state index contributed by atoms with van der Waals surface area (Å²) in [6.07, 6.45) is 2.32. The Kier molecular flexibility index (Phi) is 2.40. The minimum Gasteiger partial charge on any atom is -0.336 e. The number of amides is 2. The Morgan fingerprint density at radius 2 is 2.31 bits per heavy atom. The predicted octanol–water partition coefficient (Wildman–Crippen LogP) is 0.152. The monoisotopic (exact) mass is 183 g/mol. The van der Waals surface area contributed by atoms with E-state index in [1.165, 1.54) is 6.42 Å². The lowest BCUT2D eigenvalue weighted by Gasteiger charge is -2.36. The maximum Gasteiger partial charge on any atom is 0.317 e. The predicted molar refractivity (Wildman–Crippen MR) is 50.6 cm³/mol. The van der Waals surface area contributed by atoms with Gasteiger partial charge in [-0.05, 0) is 26.3 Å². The van der Waals surface area contributed by atoms with Crippen molar-refractivity contribution in [1.29, 1.82) is 0 Å². The maximum atomic E-state index is 11.4. The van der Waals surface area contributed by atoms with Crippen molar-refractivity contribution in [3.63, 3.8) is 0 Å². The van der Waals surface area contributed by atoms with E-state index in [9.17, 15) is 4.79 Å². The zero-order valence-corrected chi connectivity index (χ0v) is 8.05. The minimum atomic E-state index is 0.112. The van der Waals surface area contributed by atoms with Crippen molar-refractivity contribution in [2.24, 2.45) is 0 Å². The zero-order valence-electron chi connectivity index (χ0n) is 8.05. The van der Waals surface area contributed by atoms with Gasteiger partial charge in [-0.3, -0.25) is 0 Å². The highest BCUT2D eigenvalue weighted by Gasteiger charge is 2.32. The molecular weight excluding hydrogens is 166 g/mol. The summed E-state index contributed by atoms with van der Waals surface area (Å²) < 4.78 is 0. The average molecular weight is 183 g/mol. The molecule has 4 nitrogen and oxygen atoms in total. The Bertz CT molecular complexity index is 207. The first-order valence-corrected chi connectivity index (χ1v) is 5.07. The second-order valence-electron chi connectivity index (χ2n) is 3.88. The van der Waals surface area contributed by atoms with E-state index in [0.717, 1.165) is 26.1 Å². The Morgan fingerprint density at radius 1 is 1.46 bits per heavy atom. The second kappa shape index (κ2) is 3.54. The topological polar surface area (TPSA) is 44.4 Å². The number of urea groups is 1. The highest BCUT2D eigenvalue weighted by atomic mass is 16.2. The highest BCUT2D eigenvalue weighted by Crippen LogP contribution is 2.17. The molecule has 0 saturated carbocycles. The Hall–Kier alpha value is -0.770. The van der Waals surface area contributed by atoms with Crippen LogP contribution in [0.25, 0.3) is 0 Å². The lowest BCUT2D eigenvalue weighted by molar-refractivity contribution is 0.164. The molecule has 2 amide bonds. The summed E-state index contributed by atoms with van der Waals surface area (Å²) in [5.74, 6) is 0. The van der Waals surface area contributed by atoms with Crippen molar-refractivity contribution in [3.05, 3.63) is 0 Å². The first-order chi connectivity index (χ1) is 6.29. The Balaban J connectivity index is 2.01. The van der Waals surface area contributed by atoms with Crippen molar-refractivity contribution < 1.29 is 4.79 Å². The number of rotatable bonds is 1. The van der Waals surface area contributed by atoms with Gasteiger partial charge in [-0.2, -0.15) is 0 Å². The molecule has 2 rings (SSSR count). The van der Waals surface area contributed by atoms with Crippen LogP contribution in [0.1, 0.15) is 19.8 Å². The van der Waals surface area contributed by atoms with Crippen molar-refractivity contribution in [1.82, 2.24) is 15.5 Å². The van der Waals surface area contributed by atoms with E-state index < -0.39 is 0 Å². The van der Waals surface area contributed by atoms with Crippen LogP contribution in [0.2, 0.25) is 0 Å². The van der Waals surface area contributed by atoms with Crippen molar-refractivity contribution in [2.75, 3.05) is 19.6 Å². The van der Waals surface area contributed by atoms with E-state index in [1.54, 1.807) is 0 Å². The molecular formula is C9H17N3O. The largest absolute Gasteiger partial charge is 0.336 e. The van der Waals surface area contributed by atoms with E-state index in [4.69, 9.17) is 0 Å². The van der Waals surface area contributed by atoms with Gasteiger partial charge < -0.3 is 15.5 Å². The standard InChI is InChI=1S/C9H17N3O/c1-7-8(3-2-4-10-7)12-6-5-11-9(12)13/h7-8,10H,2-6H2,1H3,(H,11,13). The fourth-order valence-corrected chi connectivity index (χ4v) is 2.26. The van der Waals surface area contributed by atoms with Gasteiger partial charge in [-0.15, -0.1) is 0 Å². The summed E-state index contributed by atoms with van der Waals surface area (Å²) in [5, 5.41) is 6.25. The molecule has 0 bridgehead atoms. The number of hydrogen-bond donors (Lipinski definition) is 2. The van der Waals surface area contributed by atoms with Crippen LogP contribution in [-0.4, -0.2) is 42.6 Å². The molecule has 0 aromatic rings. The van der Waals surface area contributed by atoms with Crippen LogP contribution in [-0.2, 0) is 0 Å². The normalized spacial score (nSPS) is 34.8. The summed E-state index contributed by atoms with van der Waals surface area (Å²) in [4.78, 5) is 13.4. The molecule has 4 heteroatoms. The van der Waals surface area contributed by atoms with Crippen LogP contribution >= 0.6 is 0 Å². The average Bonchev–Trinajstić information content (AvgIpc) is 2.52. The number of carbonyl (C=O) groups excluding carboxylic acids is 1. The molecule has 2 aliphatic heterocycles. The van der Waals surface area contributed by atoms with E-state index >= 15 is 0 Å². The molecule has 2 saturated heterocycles. The van der Waals surface area contributed by atoms with E-state index in [0.29, 0.717) is 12.1 Å². The number of piperidine rings is 1. The van der Waals surface area contributed by atoms with Crippen LogP contribution in [0, 0.1) is 0 Å². The maximum absolute atomic E-state index is 11.4. The third-order valence-electron chi connectivity index (χ3n) is 3.01. The number of hydrogen-bond acceptors (Lipinski definition) is 2. The molecule has 0 aromatic carbocycles. The van der Waals surface area contributed by atoms with Gasteiger partial charge in [0.2, 0.25) is 0 Å². The molecule has 2 heterocycles. The molecule has 0 radical (unpaired) electrons. The number of carbonyl (C=O) groups is 1. The summed E-state index contributed by atoms with van der Waals surface area (Å²) in [7, 11) is 0. The molecule has 2 aliphatic rings. The molecule has 2 atom stereocenters. The Morgan fingerprint density at radius 3 is 2.92 bits per heavy atom. The first-order valence-electron chi connectivity index (χ1n) is 5.07. The molecule has 2 N–H and O–H groups in total. The second-order valence-corrected chi connectivity index (χ2v) is 3.88. The van der Waals surface area contributed by atoms with Crippen LogP contribution in [0.5, 0.6) is 0 Å². The summed E-state index contributed by atoms with van der Waals surface area (Å²) in [5.41, 5.74) is 0. The summed E-state index contributed by atoms with van der Waals surface area (Å²) in [6.45, 7) is 4.93.